The maximum atomic E-state index is 12.5. The molecule has 0 spiro atoms. The van der Waals surface area contributed by atoms with Crippen molar-refractivity contribution in [2.45, 2.75) is 25.9 Å². The topological polar surface area (TPSA) is 78.7 Å². The number of benzene rings is 2. The first-order valence-corrected chi connectivity index (χ1v) is 9.25. The lowest BCUT2D eigenvalue weighted by atomic mass is 10.1. The van der Waals surface area contributed by atoms with E-state index in [1.165, 1.54) is 18.5 Å². The first-order valence-electron chi connectivity index (χ1n) is 9.25. The van der Waals surface area contributed by atoms with E-state index in [4.69, 9.17) is 5.73 Å². The number of carbonyl (C=O) groups excluding carboxylic acids is 2. The van der Waals surface area contributed by atoms with E-state index in [2.05, 4.69) is 22.3 Å². The number of nitrogens with two attached hydrogens (primary N) is 1. The lowest BCUT2D eigenvalue weighted by Crippen LogP contribution is -2.36. The fourth-order valence-corrected chi connectivity index (χ4v) is 3.39. The number of para-hydroxylation sites is 1. The summed E-state index contributed by atoms with van der Waals surface area (Å²) in [7, 11) is 1.79. The maximum Gasteiger partial charge on any atom is 0.317 e. The number of rotatable bonds is 6. The Morgan fingerprint density at radius 3 is 2.59 bits per heavy atom. The second-order valence-corrected chi connectivity index (χ2v) is 6.90. The zero-order valence-electron chi connectivity index (χ0n) is 15.6. The van der Waals surface area contributed by atoms with Crippen molar-refractivity contribution in [3.05, 3.63) is 65.2 Å². The van der Waals surface area contributed by atoms with Crippen LogP contribution in [-0.2, 0) is 13.1 Å². The van der Waals surface area contributed by atoms with Crippen LogP contribution in [0, 0.1) is 0 Å². The fourth-order valence-electron chi connectivity index (χ4n) is 3.39. The summed E-state index contributed by atoms with van der Waals surface area (Å²) in [6.45, 7) is 3.03. The Labute approximate surface area is 159 Å². The molecule has 0 aromatic heterocycles. The molecule has 27 heavy (non-hydrogen) atoms. The van der Waals surface area contributed by atoms with Gasteiger partial charge in [-0.05, 0) is 42.2 Å². The van der Waals surface area contributed by atoms with Crippen LogP contribution in [0.4, 0.5) is 10.5 Å². The SMILES string of the molecule is CN(Cc1ccccc1N1CCCC1)C(=O)NCc1cccc(C(N)=O)c1. The molecule has 0 saturated carbocycles. The van der Waals surface area contributed by atoms with Crippen molar-refractivity contribution in [2.24, 2.45) is 5.73 Å². The molecule has 3 N–H and O–H groups in total. The van der Waals surface area contributed by atoms with Crippen molar-refractivity contribution in [2.75, 3.05) is 25.0 Å². The minimum absolute atomic E-state index is 0.157. The lowest BCUT2D eigenvalue weighted by Gasteiger charge is -2.24. The molecule has 6 heteroatoms. The van der Waals surface area contributed by atoms with Gasteiger partial charge in [0.25, 0.3) is 0 Å². The highest BCUT2D eigenvalue weighted by molar-refractivity contribution is 5.92. The van der Waals surface area contributed by atoms with Gasteiger partial charge in [0.1, 0.15) is 0 Å². The molecule has 1 saturated heterocycles. The maximum absolute atomic E-state index is 12.5. The summed E-state index contributed by atoms with van der Waals surface area (Å²) in [6.07, 6.45) is 2.43. The molecule has 0 radical (unpaired) electrons. The van der Waals surface area contributed by atoms with Crippen LogP contribution in [0.5, 0.6) is 0 Å². The molecule has 0 unspecified atom stereocenters. The van der Waals surface area contributed by atoms with Gasteiger partial charge in [-0.25, -0.2) is 4.79 Å². The molecular weight excluding hydrogens is 340 g/mol. The summed E-state index contributed by atoms with van der Waals surface area (Å²) < 4.78 is 0. The van der Waals surface area contributed by atoms with Crippen molar-refractivity contribution in [3.8, 4) is 0 Å². The van der Waals surface area contributed by atoms with Crippen LogP contribution >= 0.6 is 0 Å². The Morgan fingerprint density at radius 1 is 1.11 bits per heavy atom. The van der Waals surface area contributed by atoms with Gasteiger partial charge in [0.05, 0.1) is 0 Å². The smallest absolute Gasteiger partial charge is 0.317 e. The highest BCUT2D eigenvalue weighted by atomic mass is 16.2. The van der Waals surface area contributed by atoms with Gasteiger partial charge in [-0.15, -0.1) is 0 Å². The van der Waals surface area contributed by atoms with Gasteiger partial charge in [-0.1, -0.05) is 30.3 Å². The number of nitrogens with zero attached hydrogens (tertiary/aromatic N) is 2. The summed E-state index contributed by atoms with van der Waals surface area (Å²) in [5.41, 5.74) is 8.94. The molecule has 0 bridgehead atoms. The number of anilines is 1. The minimum Gasteiger partial charge on any atom is -0.371 e. The van der Waals surface area contributed by atoms with Crippen LogP contribution in [0.2, 0.25) is 0 Å². The molecule has 2 aromatic carbocycles. The third kappa shape index (κ3) is 4.78. The Morgan fingerprint density at radius 2 is 1.85 bits per heavy atom. The third-order valence-corrected chi connectivity index (χ3v) is 4.85. The molecule has 6 nitrogen and oxygen atoms in total. The zero-order valence-corrected chi connectivity index (χ0v) is 15.6. The van der Waals surface area contributed by atoms with E-state index in [1.54, 1.807) is 30.1 Å². The van der Waals surface area contributed by atoms with Gasteiger partial charge in [0.15, 0.2) is 0 Å². The average molecular weight is 366 g/mol. The summed E-state index contributed by atoms with van der Waals surface area (Å²) in [4.78, 5) is 27.8. The Balaban J connectivity index is 1.60. The van der Waals surface area contributed by atoms with Crippen molar-refractivity contribution < 1.29 is 9.59 Å². The molecule has 1 aliphatic heterocycles. The second kappa shape index (κ2) is 8.58. The molecule has 3 amide bonds. The molecule has 142 valence electrons. The van der Waals surface area contributed by atoms with Gasteiger partial charge < -0.3 is 20.9 Å². The van der Waals surface area contributed by atoms with Gasteiger partial charge in [0, 0.05) is 44.5 Å². The number of carbonyl (C=O) groups is 2. The van der Waals surface area contributed by atoms with Crippen LogP contribution in [0.3, 0.4) is 0 Å². The summed E-state index contributed by atoms with van der Waals surface area (Å²) in [5.74, 6) is -0.473. The Hall–Kier alpha value is -3.02. The second-order valence-electron chi connectivity index (χ2n) is 6.90. The largest absolute Gasteiger partial charge is 0.371 e. The molecular formula is C21H26N4O2. The summed E-state index contributed by atoms with van der Waals surface area (Å²) in [6, 6.07) is 15.1. The Bertz CT molecular complexity index is 815. The Kier molecular flexibility index (Phi) is 5.96. The predicted octanol–water partition coefficient (Wildman–Crippen LogP) is 2.73. The van der Waals surface area contributed by atoms with E-state index in [0.29, 0.717) is 18.7 Å². The molecule has 0 atom stereocenters. The van der Waals surface area contributed by atoms with Crippen LogP contribution in [-0.4, -0.2) is 37.0 Å². The van der Waals surface area contributed by atoms with Crippen LogP contribution in [0.1, 0.15) is 34.3 Å². The van der Waals surface area contributed by atoms with E-state index in [1.807, 2.05) is 18.2 Å². The van der Waals surface area contributed by atoms with Gasteiger partial charge in [0.2, 0.25) is 5.91 Å². The quantitative estimate of drug-likeness (QED) is 0.825. The van der Waals surface area contributed by atoms with E-state index >= 15 is 0 Å². The van der Waals surface area contributed by atoms with Crippen molar-refractivity contribution in [1.29, 1.82) is 0 Å². The fraction of sp³-hybridized carbons (Fsp3) is 0.333. The van der Waals surface area contributed by atoms with Gasteiger partial charge >= 0.3 is 6.03 Å². The first-order chi connectivity index (χ1) is 13.0. The molecule has 1 heterocycles. The number of hydrogen-bond donors (Lipinski definition) is 2. The molecule has 0 aliphatic carbocycles. The number of primary amides is 1. The number of urea groups is 1. The van der Waals surface area contributed by atoms with Crippen molar-refractivity contribution >= 4 is 17.6 Å². The summed E-state index contributed by atoms with van der Waals surface area (Å²) in [5, 5.41) is 2.90. The van der Waals surface area contributed by atoms with Crippen LogP contribution in [0.15, 0.2) is 48.5 Å². The molecule has 1 fully saturated rings. The average Bonchev–Trinajstić information content (AvgIpc) is 3.21. The monoisotopic (exact) mass is 366 g/mol. The molecule has 3 rings (SSSR count). The number of hydrogen-bond acceptors (Lipinski definition) is 3. The lowest BCUT2D eigenvalue weighted by molar-refractivity contribution is 0.1000. The minimum atomic E-state index is -0.473. The summed E-state index contributed by atoms with van der Waals surface area (Å²) >= 11 is 0. The highest BCUT2D eigenvalue weighted by Crippen LogP contribution is 2.25. The van der Waals surface area contributed by atoms with E-state index in [0.717, 1.165) is 24.2 Å². The van der Waals surface area contributed by atoms with E-state index in [-0.39, 0.29) is 6.03 Å². The van der Waals surface area contributed by atoms with Crippen molar-refractivity contribution in [1.82, 2.24) is 10.2 Å². The van der Waals surface area contributed by atoms with Crippen LogP contribution < -0.4 is 16.0 Å². The van der Waals surface area contributed by atoms with Gasteiger partial charge in [-0.3, -0.25) is 4.79 Å². The van der Waals surface area contributed by atoms with E-state index < -0.39 is 5.91 Å². The normalized spacial score (nSPS) is 13.4. The number of amides is 3. The standard InChI is InChI=1S/C21H26N4O2/c1-24(15-18-8-2-3-10-19(18)25-11-4-5-12-25)21(27)23-14-16-7-6-9-17(13-16)20(22)26/h2-3,6-10,13H,4-5,11-12,14-15H2,1H3,(H2,22,26)(H,23,27). The molecule has 1 aliphatic rings. The number of nitrogens with one attached hydrogen (secondary N) is 1. The zero-order chi connectivity index (χ0) is 19.2. The van der Waals surface area contributed by atoms with E-state index in [9.17, 15) is 9.59 Å². The molecule has 2 aromatic rings. The first kappa shape index (κ1) is 18.8. The predicted molar refractivity (Wildman–Crippen MR) is 107 cm³/mol. The third-order valence-electron chi connectivity index (χ3n) is 4.85. The highest BCUT2D eigenvalue weighted by Gasteiger charge is 2.17. The van der Waals surface area contributed by atoms with Crippen molar-refractivity contribution in [3.63, 3.8) is 0 Å². The van der Waals surface area contributed by atoms with Crippen LogP contribution in [0.25, 0.3) is 0 Å². The van der Waals surface area contributed by atoms with Gasteiger partial charge in [-0.2, -0.15) is 0 Å².